The van der Waals surface area contributed by atoms with Gasteiger partial charge in [0.2, 0.25) is 0 Å². The molecule has 8 nitrogen and oxygen atoms in total. The fraction of sp³-hybridized carbons (Fsp3) is 0.480. The van der Waals surface area contributed by atoms with Crippen molar-refractivity contribution in [2.45, 2.75) is 63.3 Å². The molecular formula is C25H29F3N6O2. The van der Waals surface area contributed by atoms with Gasteiger partial charge in [0.15, 0.2) is 5.82 Å². The highest BCUT2D eigenvalue weighted by molar-refractivity contribution is 5.91. The second-order valence-electron chi connectivity index (χ2n) is 10.2. The maximum absolute atomic E-state index is 13.7. The molecule has 36 heavy (non-hydrogen) atoms. The van der Waals surface area contributed by atoms with Crippen molar-refractivity contribution < 1.29 is 17.9 Å². The Morgan fingerprint density at radius 1 is 1.25 bits per heavy atom. The topological polar surface area (TPSA) is 108 Å². The molecule has 192 valence electrons. The third kappa shape index (κ3) is 5.24. The Hall–Kier alpha value is -3.36. The zero-order valence-electron chi connectivity index (χ0n) is 20.4. The van der Waals surface area contributed by atoms with E-state index in [1.165, 1.54) is 30.5 Å². The van der Waals surface area contributed by atoms with Crippen LogP contribution in [0.1, 0.15) is 51.6 Å². The minimum Gasteiger partial charge on any atom is -0.379 e. The minimum absolute atomic E-state index is 0.0727. The number of H-pyrrole nitrogens is 1. The highest BCUT2D eigenvalue weighted by Crippen LogP contribution is 2.37. The summed E-state index contributed by atoms with van der Waals surface area (Å²) in [6.07, 6.45) is -1.38. The first kappa shape index (κ1) is 25.7. The second-order valence-corrected chi connectivity index (χ2v) is 10.2. The van der Waals surface area contributed by atoms with E-state index in [0.29, 0.717) is 29.6 Å². The first-order valence-corrected chi connectivity index (χ1v) is 11.7. The molecule has 3 aromatic rings. The SMILES string of the molecule is CC(C)(C)N[C@@H](c1ccc(Nc2nn([C@]3(CC#N)CCCOC3)c3cc[nH]c(=O)c23)cc1)C(F)(F)F. The van der Waals surface area contributed by atoms with E-state index in [-0.39, 0.29) is 30.0 Å². The molecule has 0 bridgehead atoms. The standard InChI is InChI=1S/C25H29F3N6O2/c1-23(2,3)32-20(25(26,27)28)16-5-7-17(8-6-16)31-21-19-18(9-13-30-22(19)35)34(33-21)24(11-12-29)10-4-14-36-15-24/h5-9,13,20,32H,4,10-11,14-15H2,1-3H3,(H,30,35)(H,31,33)/t20-,24-/m0/s1. The van der Waals surface area contributed by atoms with E-state index >= 15 is 0 Å². The van der Waals surface area contributed by atoms with Crippen molar-refractivity contribution >= 4 is 22.4 Å². The molecular weight excluding hydrogens is 473 g/mol. The van der Waals surface area contributed by atoms with Crippen LogP contribution in [-0.4, -0.2) is 39.7 Å². The summed E-state index contributed by atoms with van der Waals surface area (Å²) in [7, 11) is 0. The molecule has 3 heterocycles. The van der Waals surface area contributed by atoms with Gasteiger partial charge in [-0.15, -0.1) is 0 Å². The number of fused-ring (bicyclic) bond motifs is 1. The van der Waals surface area contributed by atoms with E-state index in [4.69, 9.17) is 4.74 Å². The fourth-order valence-corrected chi connectivity index (χ4v) is 4.58. The Labute approximate surface area is 206 Å². The van der Waals surface area contributed by atoms with Gasteiger partial charge in [-0.2, -0.15) is 23.5 Å². The molecule has 0 unspecified atom stereocenters. The third-order valence-electron chi connectivity index (χ3n) is 6.17. The Balaban J connectivity index is 1.71. The van der Waals surface area contributed by atoms with Gasteiger partial charge in [-0.25, -0.2) is 0 Å². The number of halogens is 3. The summed E-state index contributed by atoms with van der Waals surface area (Å²) in [6, 6.07) is 7.95. The molecule has 0 radical (unpaired) electrons. The second kappa shape index (κ2) is 9.59. The summed E-state index contributed by atoms with van der Waals surface area (Å²) in [5, 5.41) is 20.2. The number of rotatable bonds is 6. The van der Waals surface area contributed by atoms with Crippen LogP contribution in [0, 0.1) is 11.3 Å². The first-order chi connectivity index (χ1) is 16.9. The predicted molar refractivity (Wildman–Crippen MR) is 130 cm³/mol. The number of anilines is 2. The van der Waals surface area contributed by atoms with Crippen LogP contribution in [0.4, 0.5) is 24.7 Å². The van der Waals surface area contributed by atoms with Crippen molar-refractivity contribution in [2.75, 3.05) is 18.5 Å². The maximum Gasteiger partial charge on any atom is 0.407 e. The summed E-state index contributed by atoms with van der Waals surface area (Å²) in [5.74, 6) is 0.252. The van der Waals surface area contributed by atoms with Gasteiger partial charge in [-0.05, 0) is 57.4 Å². The zero-order valence-corrected chi connectivity index (χ0v) is 20.4. The fourth-order valence-electron chi connectivity index (χ4n) is 4.58. The number of aromatic amines is 1. The molecule has 0 saturated carbocycles. The van der Waals surface area contributed by atoms with Gasteiger partial charge >= 0.3 is 6.18 Å². The molecule has 11 heteroatoms. The molecule has 1 saturated heterocycles. The van der Waals surface area contributed by atoms with E-state index in [1.54, 1.807) is 31.5 Å². The van der Waals surface area contributed by atoms with Crippen LogP contribution >= 0.6 is 0 Å². The Bertz CT molecular complexity index is 1310. The van der Waals surface area contributed by atoms with Crippen molar-refractivity contribution in [3.8, 4) is 6.07 Å². The quantitative estimate of drug-likeness (QED) is 0.444. The van der Waals surface area contributed by atoms with E-state index in [2.05, 4.69) is 26.8 Å². The lowest BCUT2D eigenvalue weighted by molar-refractivity contribution is -0.161. The number of nitrogens with zero attached hydrogens (tertiary/aromatic N) is 3. The number of hydrogen-bond donors (Lipinski definition) is 3. The monoisotopic (exact) mass is 502 g/mol. The Kier molecular flexibility index (Phi) is 6.86. The van der Waals surface area contributed by atoms with Crippen LogP contribution in [-0.2, 0) is 10.3 Å². The molecule has 0 spiro atoms. The average Bonchev–Trinajstić information content (AvgIpc) is 3.18. The molecule has 1 aromatic carbocycles. The molecule has 1 fully saturated rings. The number of aromatic nitrogens is 3. The van der Waals surface area contributed by atoms with Gasteiger partial charge in [-0.3, -0.25) is 14.8 Å². The van der Waals surface area contributed by atoms with Crippen LogP contribution in [0.15, 0.2) is 41.3 Å². The molecule has 0 aliphatic carbocycles. The highest BCUT2D eigenvalue weighted by Gasteiger charge is 2.42. The molecule has 1 aliphatic heterocycles. The summed E-state index contributed by atoms with van der Waals surface area (Å²) >= 11 is 0. The van der Waals surface area contributed by atoms with Gasteiger partial charge in [0.05, 0.1) is 30.2 Å². The van der Waals surface area contributed by atoms with Gasteiger partial charge in [0.1, 0.15) is 11.4 Å². The van der Waals surface area contributed by atoms with Gasteiger partial charge in [0, 0.05) is 24.0 Å². The lowest BCUT2D eigenvalue weighted by Crippen LogP contribution is -2.45. The molecule has 0 amide bonds. The number of alkyl halides is 3. The van der Waals surface area contributed by atoms with Gasteiger partial charge < -0.3 is 15.0 Å². The smallest absolute Gasteiger partial charge is 0.379 e. The van der Waals surface area contributed by atoms with Crippen molar-refractivity contribution in [2.24, 2.45) is 0 Å². The number of hydrogen-bond acceptors (Lipinski definition) is 6. The normalized spacial score (nSPS) is 19.7. The summed E-state index contributed by atoms with van der Waals surface area (Å²) in [5.41, 5.74) is -0.741. The number of benzene rings is 1. The summed E-state index contributed by atoms with van der Waals surface area (Å²) in [6.45, 7) is 5.91. The zero-order chi connectivity index (χ0) is 26.1. The number of nitriles is 1. The van der Waals surface area contributed by atoms with Gasteiger partial charge in [0.25, 0.3) is 5.56 Å². The lowest BCUT2D eigenvalue weighted by Gasteiger charge is -2.35. The molecule has 3 N–H and O–H groups in total. The largest absolute Gasteiger partial charge is 0.407 e. The summed E-state index contributed by atoms with van der Waals surface area (Å²) in [4.78, 5) is 15.4. The molecule has 1 aliphatic rings. The minimum atomic E-state index is -4.47. The van der Waals surface area contributed by atoms with Crippen LogP contribution in [0.25, 0.3) is 10.9 Å². The maximum atomic E-state index is 13.7. The van der Waals surface area contributed by atoms with Crippen molar-refractivity contribution in [3.63, 3.8) is 0 Å². The van der Waals surface area contributed by atoms with E-state index < -0.39 is 23.3 Å². The predicted octanol–water partition coefficient (Wildman–Crippen LogP) is 4.88. The molecule has 2 aromatic heterocycles. The average molecular weight is 503 g/mol. The van der Waals surface area contributed by atoms with Crippen molar-refractivity contribution in [1.82, 2.24) is 20.1 Å². The van der Waals surface area contributed by atoms with Crippen molar-refractivity contribution in [3.05, 3.63) is 52.4 Å². The van der Waals surface area contributed by atoms with E-state index in [0.717, 1.165) is 6.42 Å². The van der Waals surface area contributed by atoms with E-state index in [1.807, 2.05) is 0 Å². The Morgan fingerprint density at radius 2 is 1.97 bits per heavy atom. The number of pyridine rings is 1. The molecule has 2 atom stereocenters. The number of ether oxygens (including phenoxy) is 1. The lowest BCUT2D eigenvalue weighted by atomic mass is 9.89. The summed E-state index contributed by atoms with van der Waals surface area (Å²) < 4.78 is 48.5. The van der Waals surface area contributed by atoms with Crippen LogP contribution in [0.3, 0.4) is 0 Å². The highest BCUT2D eigenvalue weighted by atomic mass is 19.4. The molecule has 4 rings (SSSR count). The number of nitrogens with one attached hydrogen (secondary N) is 3. The van der Waals surface area contributed by atoms with Crippen molar-refractivity contribution in [1.29, 1.82) is 5.26 Å². The Morgan fingerprint density at radius 3 is 2.56 bits per heavy atom. The van der Waals surface area contributed by atoms with E-state index in [9.17, 15) is 23.2 Å². The van der Waals surface area contributed by atoms with Crippen LogP contribution < -0.4 is 16.2 Å². The van der Waals surface area contributed by atoms with Crippen LogP contribution in [0.2, 0.25) is 0 Å². The van der Waals surface area contributed by atoms with Crippen LogP contribution in [0.5, 0.6) is 0 Å². The van der Waals surface area contributed by atoms with Gasteiger partial charge in [-0.1, -0.05) is 12.1 Å². The third-order valence-corrected chi connectivity index (χ3v) is 6.17. The first-order valence-electron chi connectivity index (χ1n) is 11.7.